The Hall–Kier alpha value is -2.43. The van der Waals surface area contributed by atoms with Gasteiger partial charge < -0.3 is 10.2 Å². The fraction of sp³-hybridized carbons (Fsp3) is 0.421. The van der Waals surface area contributed by atoms with Crippen molar-refractivity contribution in [2.45, 2.75) is 40.0 Å². The maximum atomic E-state index is 12.2. The second kappa shape index (κ2) is 7.43. The SMILES string of the molecule is CCN(CC)C(=O)c1cnc(Nc2ccc(C(C)(C)C)cc2)nc1. The summed E-state index contributed by atoms with van der Waals surface area (Å²) in [6.07, 6.45) is 3.14. The van der Waals surface area contributed by atoms with Gasteiger partial charge >= 0.3 is 0 Å². The Morgan fingerprint density at radius 1 is 1.04 bits per heavy atom. The van der Waals surface area contributed by atoms with Crippen molar-refractivity contribution < 1.29 is 4.79 Å². The van der Waals surface area contributed by atoms with E-state index in [0.29, 0.717) is 24.6 Å². The van der Waals surface area contributed by atoms with Crippen molar-refractivity contribution in [1.29, 1.82) is 0 Å². The maximum absolute atomic E-state index is 12.2. The lowest BCUT2D eigenvalue weighted by Gasteiger charge is -2.19. The molecule has 1 amide bonds. The van der Waals surface area contributed by atoms with E-state index in [2.05, 4.69) is 48.2 Å². The van der Waals surface area contributed by atoms with E-state index in [1.165, 1.54) is 5.56 Å². The van der Waals surface area contributed by atoms with Crippen molar-refractivity contribution in [1.82, 2.24) is 14.9 Å². The van der Waals surface area contributed by atoms with Crippen molar-refractivity contribution in [2.24, 2.45) is 0 Å². The summed E-state index contributed by atoms with van der Waals surface area (Å²) in [7, 11) is 0. The third kappa shape index (κ3) is 4.31. The Morgan fingerprint density at radius 2 is 1.58 bits per heavy atom. The minimum Gasteiger partial charge on any atom is -0.339 e. The van der Waals surface area contributed by atoms with Crippen LogP contribution in [0.3, 0.4) is 0 Å². The highest BCUT2D eigenvalue weighted by molar-refractivity contribution is 5.93. The Bertz CT molecular complexity index is 668. The molecular weight excluding hydrogens is 300 g/mol. The summed E-state index contributed by atoms with van der Waals surface area (Å²) in [5.74, 6) is 0.440. The molecule has 0 aliphatic rings. The number of aromatic nitrogens is 2. The number of amides is 1. The van der Waals surface area contributed by atoms with Gasteiger partial charge in [0.05, 0.1) is 5.56 Å². The smallest absolute Gasteiger partial charge is 0.256 e. The largest absolute Gasteiger partial charge is 0.339 e. The Kier molecular flexibility index (Phi) is 5.54. The Balaban J connectivity index is 2.08. The lowest BCUT2D eigenvalue weighted by atomic mass is 9.87. The zero-order chi connectivity index (χ0) is 17.7. The first kappa shape index (κ1) is 17.9. The topological polar surface area (TPSA) is 58.1 Å². The van der Waals surface area contributed by atoms with Gasteiger partial charge in [0, 0.05) is 31.2 Å². The van der Waals surface area contributed by atoms with Crippen molar-refractivity contribution in [3.63, 3.8) is 0 Å². The zero-order valence-electron chi connectivity index (χ0n) is 15.1. The minimum atomic E-state index is -0.0407. The standard InChI is InChI=1S/C19H26N4O/c1-6-23(7-2)17(24)14-12-20-18(21-13-14)22-16-10-8-15(9-11-16)19(3,4)5/h8-13H,6-7H2,1-5H3,(H,20,21,22). The lowest BCUT2D eigenvalue weighted by Crippen LogP contribution is -2.30. The average Bonchev–Trinajstić information content (AvgIpc) is 2.56. The van der Waals surface area contributed by atoms with E-state index >= 15 is 0 Å². The number of hydrogen-bond acceptors (Lipinski definition) is 4. The fourth-order valence-corrected chi connectivity index (χ4v) is 2.38. The molecular formula is C19H26N4O. The van der Waals surface area contributed by atoms with Gasteiger partial charge in [-0.15, -0.1) is 0 Å². The number of anilines is 2. The molecule has 0 radical (unpaired) electrons. The van der Waals surface area contributed by atoms with Crippen LogP contribution in [0.15, 0.2) is 36.7 Å². The predicted molar refractivity (Wildman–Crippen MR) is 97.7 cm³/mol. The Morgan fingerprint density at radius 3 is 2.04 bits per heavy atom. The zero-order valence-corrected chi connectivity index (χ0v) is 15.1. The van der Waals surface area contributed by atoms with E-state index in [0.717, 1.165) is 5.69 Å². The number of benzene rings is 1. The van der Waals surface area contributed by atoms with Crippen LogP contribution in [0.1, 0.15) is 50.5 Å². The molecule has 1 aromatic carbocycles. The molecule has 1 aromatic heterocycles. The van der Waals surface area contributed by atoms with Gasteiger partial charge in [-0.2, -0.15) is 0 Å². The summed E-state index contributed by atoms with van der Waals surface area (Å²) < 4.78 is 0. The van der Waals surface area contributed by atoms with Crippen LogP contribution in [0.2, 0.25) is 0 Å². The molecule has 5 heteroatoms. The molecule has 0 fully saturated rings. The molecule has 2 rings (SSSR count). The average molecular weight is 326 g/mol. The van der Waals surface area contributed by atoms with Gasteiger partial charge in [0.2, 0.25) is 5.95 Å². The van der Waals surface area contributed by atoms with Gasteiger partial charge in [0.15, 0.2) is 0 Å². The number of carbonyl (C=O) groups is 1. The van der Waals surface area contributed by atoms with E-state index < -0.39 is 0 Å². The summed E-state index contributed by atoms with van der Waals surface area (Å²) in [6.45, 7) is 11.8. The third-order valence-corrected chi connectivity index (χ3v) is 3.96. The number of nitrogens with zero attached hydrogens (tertiary/aromatic N) is 3. The predicted octanol–water partition coefficient (Wildman–Crippen LogP) is 4.00. The van der Waals surface area contributed by atoms with Gasteiger partial charge in [-0.3, -0.25) is 4.79 Å². The van der Waals surface area contributed by atoms with Crippen LogP contribution >= 0.6 is 0 Å². The highest BCUT2D eigenvalue weighted by Crippen LogP contribution is 2.24. The number of carbonyl (C=O) groups excluding carboxylic acids is 1. The molecule has 1 heterocycles. The van der Waals surface area contributed by atoms with E-state index in [-0.39, 0.29) is 11.3 Å². The number of rotatable bonds is 5. The molecule has 0 unspecified atom stereocenters. The van der Waals surface area contributed by atoms with Crippen molar-refractivity contribution in [2.75, 3.05) is 18.4 Å². The second-order valence-electron chi connectivity index (χ2n) is 6.73. The summed E-state index contributed by atoms with van der Waals surface area (Å²) in [5.41, 5.74) is 2.83. The molecule has 0 atom stereocenters. The highest BCUT2D eigenvalue weighted by Gasteiger charge is 2.14. The summed E-state index contributed by atoms with van der Waals surface area (Å²) in [6, 6.07) is 8.22. The second-order valence-corrected chi connectivity index (χ2v) is 6.73. The summed E-state index contributed by atoms with van der Waals surface area (Å²) in [5, 5.41) is 3.16. The van der Waals surface area contributed by atoms with Gasteiger partial charge in [0.1, 0.15) is 0 Å². The summed E-state index contributed by atoms with van der Waals surface area (Å²) in [4.78, 5) is 22.5. The molecule has 0 saturated heterocycles. The van der Waals surface area contributed by atoms with Gasteiger partial charge in [0.25, 0.3) is 5.91 Å². The van der Waals surface area contributed by atoms with Crippen molar-refractivity contribution >= 4 is 17.5 Å². The molecule has 5 nitrogen and oxygen atoms in total. The highest BCUT2D eigenvalue weighted by atomic mass is 16.2. The molecule has 0 saturated carbocycles. The molecule has 1 N–H and O–H groups in total. The number of hydrogen-bond donors (Lipinski definition) is 1. The monoisotopic (exact) mass is 326 g/mol. The Labute approximate surface area is 144 Å². The van der Waals surface area contributed by atoms with Crippen LogP contribution in [-0.4, -0.2) is 33.9 Å². The third-order valence-electron chi connectivity index (χ3n) is 3.96. The molecule has 0 aliphatic carbocycles. The quantitative estimate of drug-likeness (QED) is 0.902. The molecule has 24 heavy (non-hydrogen) atoms. The molecule has 2 aromatic rings. The molecule has 128 valence electrons. The fourth-order valence-electron chi connectivity index (χ4n) is 2.38. The molecule has 0 aliphatic heterocycles. The van der Waals surface area contributed by atoms with E-state index in [1.54, 1.807) is 17.3 Å². The van der Waals surface area contributed by atoms with Crippen LogP contribution in [0.4, 0.5) is 11.6 Å². The van der Waals surface area contributed by atoms with E-state index in [4.69, 9.17) is 0 Å². The van der Waals surface area contributed by atoms with Crippen LogP contribution in [0, 0.1) is 0 Å². The van der Waals surface area contributed by atoms with Crippen LogP contribution in [-0.2, 0) is 5.41 Å². The molecule has 0 spiro atoms. The van der Waals surface area contributed by atoms with Crippen LogP contribution < -0.4 is 5.32 Å². The van der Waals surface area contributed by atoms with Crippen molar-refractivity contribution in [3.05, 3.63) is 47.8 Å². The normalized spacial score (nSPS) is 11.2. The van der Waals surface area contributed by atoms with Gasteiger partial charge in [-0.05, 0) is 37.0 Å². The van der Waals surface area contributed by atoms with Gasteiger partial charge in [-0.25, -0.2) is 9.97 Å². The van der Waals surface area contributed by atoms with Crippen LogP contribution in [0.25, 0.3) is 0 Å². The molecule has 0 bridgehead atoms. The minimum absolute atomic E-state index is 0.0407. The van der Waals surface area contributed by atoms with E-state index in [1.807, 2.05) is 26.0 Å². The van der Waals surface area contributed by atoms with Gasteiger partial charge in [-0.1, -0.05) is 32.9 Å². The first-order chi connectivity index (χ1) is 11.3. The maximum Gasteiger partial charge on any atom is 0.256 e. The van der Waals surface area contributed by atoms with Crippen LogP contribution in [0.5, 0.6) is 0 Å². The summed E-state index contributed by atoms with van der Waals surface area (Å²) >= 11 is 0. The first-order valence-corrected chi connectivity index (χ1v) is 8.34. The van der Waals surface area contributed by atoms with Crippen molar-refractivity contribution in [3.8, 4) is 0 Å². The first-order valence-electron chi connectivity index (χ1n) is 8.34. The number of nitrogens with one attached hydrogen (secondary N) is 1. The lowest BCUT2D eigenvalue weighted by molar-refractivity contribution is 0.0772. The van der Waals surface area contributed by atoms with E-state index in [9.17, 15) is 4.79 Å².